The molecule has 7 heteroatoms. The Labute approximate surface area is 227 Å². The van der Waals surface area contributed by atoms with Crippen LogP contribution in [0.3, 0.4) is 0 Å². The van der Waals surface area contributed by atoms with Crippen LogP contribution in [0.4, 0.5) is 0 Å². The van der Waals surface area contributed by atoms with Gasteiger partial charge in [0.15, 0.2) is 5.72 Å². The Morgan fingerprint density at radius 3 is 2.14 bits per heavy atom. The largest absolute Gasteiger partial charge is 0.396 e. The number of amides is 1. The molecule has 5 rings (SSSR count). The molecule has 1 heterocycles. The summed E-state index contributed by atoms with van der Waals surface area (Å²) in [6, 6.07) is 20.2. The molecule has 194 valence electrons. The first-order valence-corrected chi connectivity index (χ1v) is 13.3. The van der Waals surface area contributed by atoms with Crippen LogP contribution >= 0.6 is 23.2 Å². The van der Waals surface area contributed by atoms with Crippen molar-refractivity contribution >= 4 is 29.1 Å². The monoisotopic (exact) mass is 539 g/mol. The van der Waals surface area contributed by atoms with Crippen molar-refractivity contribution < 1.29 is 19.7 Å². The number of ether oxygens (including phenoxy) is 1. The van der Waals surface area contributed by atoms with Gasteiger partial charge in [-0.25, -0.2) is 0 Å². The van der Waals surface area contributed by atoms with Gasteiger partial charge in [-0.2, -0.15) is 0 Å². The van der Waals surface area contributed by atoms with Crippen molar-refractivity contribution in [2.24, 2.45) is 5.41 Å². The molecule has 0 aromatic heterocycles. The van der Waals surface area contributed by atoms with Gasteiger partial charge in [-0.1, -0.05) is 66.0 Å². The molecule has 0 spiro atoms. The molecule has 2 N–H and O–H groups in total. The minimum absolute atomic E-state index is 0.0271. The molecule has 2 aliphatic rings. The van der Waals surface area contributed by atoms with Crippen molar-refractivity contribution in [3.63, 3.8) is 0 Å². The number of carbonyl (C=O) groups excluding carboxylic acids is 1. The zero-order valence-electron chi connectivity index (χ0n) is 21.0. The van der Waals surface area contributed by atoms with E-state index in [0.29, 0.717) is 33.3 Å². The van der Waals surface area contributed by atoms with E-state index in [0.717, 1.165) is 30.4 Å². The quantitative estimate of drug-likeness (QED) is 0.354. The highest BCUT2D eigenvalue weighted by molar-refractivity contribution is 6.30. The van der Waals surface area contributed by atoms with Gasteiger partial charge in [-0.05, 0) is 68.1 Å². The van der Waals surface area contributed by atoms with Crippen molar-refractivity contribution in [2.45, 2.75) is 51.0 Å². The molecule has 1 saturated carbocycles. The summed E-state index contributed by atoms with van der Waals surface area (Å²) in [5.74, 6) is -0.197. The SMILES string of the molecule is CC(C)(O)c1ccc2c(c1)C(=O)N(Cc1ccc(Cl)cc1)C2(OCC1(CO)CCC1)c1ccc(Cl)cc1. The molecule has 0 bridgehead atoms. The molecule has 0 radical (unpaired) electrons. The first-order chi connectivity index (χ1) is 17.6. The van der Waals surface area contributed by atoms with Crippen LogP contribution in [0.5, 0.6) is 0 Å². The van der Waals surface area contributed by atoms with Gasteiger partial charge in [-0.3, -0.25) is 9.69 Å². The van der Waals surface area contributed by atoms with Gasteiger partial charge < -0.3 is 14.9 Å². The highest BCUT2D eigenvalue weighted by Gasteiger charge is 2.54. The van der Waals surface area contributed by atoms with E-state index in [9.17, 15) is 15.0 Å². The number of halogens is 2. The Morgan fingerprint density at radius 2 is 1.59 bits per heavy atom. The molecular weight excluding hydrogens is 509 g/mol. The van der Waals surface area contributed by atoms with Gasteiger partial charge in [-0.15, -0.1) is 0 Å². The Bertz CT molecular complexity index is 1290. The maximum absolute atomic E-state index is 14.1. The van der Waals surface area contributed by atoms with Gasteiger partial charge >= 0.3 is 0 Å². The van der Waals surface area contributed by atoms with E-state index in [-0.39, 0.29) is 24.5 Å². The third-order valence-corrected chi connectivity index (χ3v) is 8.28. The topological polar surface area (TPSA) is 70.0 Å². The standard InChI is InChI=1S/C30H31Cl2NO4/c1-28(2,36)22-8-13-26-25(16-22)27(35)33(17-20-4-9-23(31)10-5-20)30(26,21-6-11-24(32)12-7-21)37-19-29(18-34)14-3-15-29/h4-13,16,34,36H,3,14-15,17-19H2,1-2H3. The van der Waals surface area contributed by atoms with Crippen LogP contribution in [-0.4, -0.2) is 34.2 Å². The maximum atomic E-state index is 14.1. The normalized spacial score (nSPS) is 20.6. The summed E-state index contributed by atoms with van der Waals surface area (Å²) in [5.41, 5.74) is 0.803. The van der Waals surface area contributed by atoms with E-state index in [1.807, 2.05) is 36.4 Å². The van der Waals surface area contributed by atoms with Gasteiger partial charge in [0.25, 0.3) is 5.91 Å². The van der Waals surface area contributed by atoms with Crippen molar-refractivity contribution in [3.8, 4) is 0 Å². The zero-order chi connectivity index (χ0) is 26.4. The van der Waals surface area contributed by atoms with Crippen molar-refractivity contribution in [2.75, 3.05) is 13.2 Å². The number of hydrogen-bond acceptors (Lipinski definition) is 4. The minimum Gasteiger partial charge on any atom is -0.396 e. The second kappa shape index (κ2) is 9.72. The number of carbonyl (C=O) groups is 1. The number of hydrogen-bond donors (Lipinski definition) is 2. The predicted octanol–water partition coefficient (Wildman–Crippen LogP) is 6.26. The van der Waals surface area contributed by atoms with Crippen molar-refractivity contribution in [1.82, 2.24) is 4.90 Å². The Hall–Kier alpha value is -2.41. The fourth-order valence-corrected chi connectivity index (χ4v) is 5.55. The number of rotatable bonds is 8. The lowest BCUT2D eigenvalue weighted by Crippen LogP contribution is -2.50. The fourth-order valence-electron chi connectivity index (χ4n) is 5.30. The molecule has 1 unspecified atom stereocenters. The third-order valence-electron chi connectivity index (χ3n) is 7.77. The van der Waals surface area contributed by atoms with Crippen LogP contribution in [0.15, 0.2) is 66.7 Å². The smallest absolute Gasteiger partial charge is 0.257 e. The third kappa shape index (κ3) is 4.68. The lowest BCUT2D eigenvalue weighted by Gasteiger charge is -2.45. The molecule has 1 aliphatic heterocycles. The Kier molecular flexibility index (Phi) is 6.88. The predicted molar refractivity (Wildman–Crippen MR) is 145 cm³/mol. The second-order valence-corrected chi connectivity index (χ2v) is 11.7. The minimum atomic E-state index is -1.24. The van der Waals surface area contributed by atoms with Crippen LogP contribution < -0.4 is 0 Å². The van der Waals surface area contributed by atoms with E-state index in [2.05, 4.69) is 0 Å². The molecular formula is C30H31Cl2NO4. The second-order valence-electron chi connectivity index (χ2n) is 10.8. The maximum Gasteiger partial charge on any atom is 0.257 e. The summed E-state index contributed by atoms with van der Waals surface area (Å²) < 4.78 is 6.86. The highest BCUT2D eigenvalue weighted by Crippen LogP contribution is 2.50. The van der Waals surface area contributed by atoms with E-state index in [4.69, 9.17) is 27.9 Å². The van der Waals surface area contributed by atoms with Crippen LogP contribution in [0, 0.1) is 5.41 Å². The average molecular weight is 540 g/mol. The number of nitrogens with zero attached hydrogens (tertiary/aromatic N) is 1. The van der Waals surface area contributed by atoms with Gasteiger partial charge in [0.2, 0.25) is 0 Å². The summed E-state index contributed by atoms with van der Waals surface area (Å²) in [6.45, 7) is 3.99. The van der Waals surface area contributed by atoms with Crippen LogP contribution in [-0.2, 0) is 22.6 Å². The summed E-state index contributed by atoms with van der Waals surface area (Å²) >= 11 is 12.4. The number of aliphatic hydroxyl groups is 2. The number of aliphatic hydroxyl groups excluding tert-OH is 1. The molecule has 5 nitrogen and oxygen atoms in total. The van der Waals surface area contributed by atoms with E-state index in [1.54, 1.807) is 49.1 Å². The van der Waals surface area contributed by atoms with Crippen LogP contribution in [0.1, 0.15) is 65.7 Å². The summed E-state index contributed by atoms with van der Waals surface area (Å²) in [5, 5.41) is 22.1. The van der Waals surface area contributed by atoms with Gasteiger partial charge in [0.1, 0.15) is 0 Å². The molecule has 1 fully saturated rings. The van der Waals surface area contributed by atoms with Crippen LogP contribution in [0.2, 0.25) is 10.0 Å². The molecule has 1 atom stereocenters. The van der Waals surface area contributed by atoms with Crippen LogP contribution in [0.25, 0.3) is 0 Å². The van der Waals surface area contributed by atoms with Gasteiger partial charge in [0, 0.05) is 38.7 Å². The molecule has 1 amide bonds. The molecule has 3 aromatic carbocycles. The summed E-state index contributed by atoms with van der Waals surface area (Å²) in [4.78, 5) is 15.9. The Morgan fingerprint density at radius 1 is 0.973 bits per heavy atom. The van der Waals surface area contributed by atoms with Crippen molar-refractivity contribution in [3.05, 3.63) is 105 Å². The van der Waals surface area contributed by atoms with E-state index < -0.39 is 11.3 Å². The highest BCUT2D eigenvalue weighted by atomic mass is 35.5. The first kappa shape index (κ1) is 26.2. The Balaban J connectivity index is 1.70. The van der Waals surface area contributed by atoms with E-state index in [1.165, 1.54) is 0 Å². The number of benzene rings is 3. The summed E-state index contributed by atoms with van der Waals surface area (Å²) in [7, 11) is 0. The number of fused-ring (bicyclic) bond motifs is 1. The van der Waals surface area contributed by atoms with E-state index >= 15 is 0 Å². The lowest BCUT2D eigenvalue weighted by molar-refractivity contribution is -0.158. The molecule has 37 heavy (non-hydrogen) atoms. The fraction of sp³-hybridized carbons (Fsp3) is 0.367. The molecule has 3 aromatic rings. The first-order valence-electron chi connectivity index (χ1n) is 12.5. The zero-order valence-corrected chi connectivity index (χ0v) is 22.5. The average Bonchev–Trinajstić information content (AvgIpc) is 3.08. The van der Waals surface area contributed by atoms with Gasteiger partial charge in [0.05, 0.1) is 18.8 Å². The molecule has 0 saturated heterocycles. The lowest BCUT2D eigenvalue weighted by atomic mass is 9.70. The van der Waals surface area contributed by atoms with Crippen molar-refractivity contribution in [1.29, 1.82) is 0 Å². The summed E-state index contributed by atoms with van der Waals surface area (Å²) in [6.07, 6.45) is 2.78. The molecule has 1 aliphatic carbocycles.